The number of hydrogen-bond donors (Lipinski definition) is 1. The molecule has 0 spiro atoms. The zero-order valence-electron chi connectivity index (χ0n) is 13.6. The van der Waals surface area contributed by atoms with Gasteiger partial charge in [-0.3, -0.25) is 0 Å². The smallest absolute Gasteiger partial charge is 0.322 e. The maximum Gasteiger partial charge on any atom is 0.322 e. The molecule has 1 heterocycles. The van der Waals surface area contributed by atoms with Crippen molar-refractivity contribution in [3.63, 3.8) is 0 Å². The number of carbonyl (C=O) groups is 1. The van der Waals surface area contributed by atoms with Crippen molar-refractivity contribution in [2.24, 2.45) is 0 Å². The Labute approximate surface area is 137 Å². The summed E-state index contributed by atoms with van der Waals surface area (Å²) in [5.41, 5.74) is 3.13. The molecule has 1 atom stereocenters. The van der Waals surface area contributed by atoms with Gasteiger partial charge in [0.2, 0.25) is 0 Å². The van der Waals surface area contributed by atoms with Gasteiger partial charge in [0.05, 0.1) is 13.2 Å². The van der Waals surface area contributed by atoms with E-state index in [1.807, 2.05) is 60.4 Å². The van der Waals surface area contributed by atoms with Crippen LogP contribution >= 0.6 is 0 Å². The van der Waals surface area contributed by atoms with Gasteiger partial charge in [-0.05, 0) is 55.2 Å². The first-order valence-corrected chi connectivity index (χ1v) is 7.95. The van der Waals surface area contributed by atoms with E-state index in [0.29, 0.717) is 0 Å². The molecule has 0 unspecified atom stereocenters. The molecule has 1 fully saturated rings. The minimum absolute atomic E-state index is 0.0334. The summed E-state index contributed by atoms with van der Waals surface area (Å²) in [6.45, 7) is 2.81. The molecule has 2 aromatic rings. The first-order chi connectivity index (χ1) is 11.2. The second kappa shape index (κ2) is 6.73. The Bertz CT molecular complexity index is 682. The second-order valence-corrected chi connectivity index (χ2v) is 5.92. The normalized spacial score (nSPS) is 17.1. The molecule has 4 heteroatoms. The molecule has 1 saturated heterocycles. The van der Waals surface area contributed by atoms with Crippen molar-refractivity contribution >= 4 is 11.7 Å². The lowest BCUT2D eigenvalue weighted by atomic mass is 10.0. The van der Waals surface area contributed by atoms with Gasteiger partial charge in [0.25, 0.3) is 0 Å². The Balaban J connectivity index is 1.73. The largest absolute Gasteiger partial charge is 0.497 e. The zero-order chi connectivity index (χ0) is 16.2. The SMILES string of the molecule is COc1ccc([C@H]2CCCN2C(=O)Nc2cccc(C)c2)cc1. The fourth-order valence-electron chi connectivity index (χ4n) is 3.10. The Morgan fingerprint density at radius 1 is 1.22 bits per heavy atom. The van der Waals surface area contributed by atoms with E-state index in [1.54, 1.807) is 7.11 Å². The third kappa shape index (κ3) is 3.47. The molecule has 4 nitrogen and oxygen atoms in total. The van der Waals surface area contributed by atoms with Gasteiger partial charge in [-0.2, -0.15) is 0 Å². The molecule has 3 rings (SSSR count). The van der Waals surface area contributed by atoms with E-state index in [2.05, 4.69) is 5.32 Å². The van der Waals surface area contributed by atoms with Crippen LogP contribution in [0.3, 0.4) is 0 Å². The highest BCUT2D eigenvalue weighted by molar-refractivity contribution is 5.89. The summed E-state index contributed by atoms with van der Waals surface area (Å²) in [6, 6.07) is 16.0. The molecule has 23 heavy (non-hydrogen) atoms. The molecule has 0 saturated carbocycles. The number of aryl methyl sites for hydroxylation is 1. The Morgan fingerprint density at radius 3 is 2.70 bits per heavy atom. The van der Waals surface area contributed by atoms with Crippen LogP contribution in [0.4, 0.5) is 10.5 Å². The van der Waals surface area contributed by atoms with Gasteiger partial charge in [0.15, 0.2) is 0 Å². The number of carbonyl (C=O) groups excluding carboxylic acids is 1. The van der Waals surface area contributed by atoms with Crippen molar-refractivity contribution in [1.82, 2.24) is 4.90 Å². The number of nitrogens with one attached hydrogen (secondary N) is 1. The molecule has 0 radical (unpaired) electrons. The van der Waals surface area contributed by atoms with Crippen molar-refractivity contribution < 1.29 is 9.53 Å². The Hall–Kier alpha value is -2.49. The lowest BCUT2D eigenvalue weighted by Gasteiger charge is -2.25. The highest BCUT2D eigenvalue weighted by Crippen LogP contribution is 2.33. The van der Waals surface area contributed by atoms with E-state index in [1.165, 1.54) is 0 Å². The number of nitrogens with zero attached hydrogens (tertiary/aromatic N) is 1. The fourth-order valence-corrected chi connectivity index (χ4v) is 3.10. The van der Waals surface area contributed by atoms with Crippen LogP contribution in [0.25, 0.3) is 0 Å². The Kier molecular flexibility index (Phi) is 4.51. The summed E-state index contributed by atoms with van der Waals surface area (Å²) in [5.74, 6) is 0.836. The van der Waals surface area contributed by atoms with Gasteiger partial charge in [0, 0.05) is 12.2 Å². The molecular weight excluding hydrogens is 288 g/mol. The van der Waals surface area contributed by atoms with Crippen LogP contribution in [-0.4, -0.2) is 24.6 Å². The van der Waals surface area contributed by atoms with Gasteiger partial charge in [-0.15, -0.1) is 0 Å². The average molecular weight is 310 g/mol. The van der Waals surface area contributed by atoms with Crippen LogP contribution in [0.5, 0.6) is 5.75 Å². The van der Waals surface area contributed by atoms with Crippen LogP contribution in [-0.2, 0) is 0 Å². The molecule has 2 amide bonds. The summed E-state index contributed by atoms with van der Waals surface area (Å²) < 4.78 is 5.20. The summed E-state index contributed by atoms with van der Waals surface area (Å²) in [7, 11) is 1.66. The summed E-state index contributed by atoms with van der Waals surface area (Å²) in [4.78, 5) is 14.5. The summed E-state index contributed by atoms with van der Waals surface area (Å²) >= 11 is 0. The lowest BCUT2D eigenvalue weighted by Crippen LogP contribution is -2.34. The third-order valence-corrected chi connectivity index (χ3v) is 4.28. The van der Waals surface area contributed by atoms with E-state index in [-0.39, 0.29) is 12.1 Å². The molecule has 1 aliphatic heterocycles. The fraction of sp³-hybridized carbons (Fsp3) is 0.316. The topological polar surface area (TPSA) is 41.6 Å². The van der Waals surface area contributed by atoms with E-state index in [0.717, 1.165) is 42.0 Å². The van der Waals surface area contributed by atoms with Crippen LogP contribution in [0.2, 0.25) is 0 Å². The van der Waals surface area contributed by atoms with Crippen LogP contribution in [0.15, 0.2) is 48.5 Å². The number of anilines is 1. The van der Waals surface area contributed by atoms with Crippen molar-refractivity contribution in [2.75, 3.05) is 19.0 Å². The Morgan fingerprint density at radius 2 is 2.00 bits per heavy atom. The van der Waals surface area contributed by atoms with Crippen molar-refractivity contribution in [3.05, 3.63) is 59.7 Å². The maximum absolute atomic E-state index is 12.6. The minimum atomic E-state index is -0.0334. The monoisotopic (exact) mass is 310 g/mol. The highest BCUT2D eigenvalue weighted by atomic mass is 16.5. The van der Waals surface area contributed by atoms with Crippen molar-refractivity contribution in [1.29, 1.82) is 0 Å². The molecule has 2 aromatic carbocycles. The molecule has 1 N–H and O–H groups in total. The number of urea groups is 1. The number of hydrogen-bond acceptors (Lipinski definition) is 2. The minimum Gasteiger partial charge on any atom is -0.497 e. The summed E-state index contributed by atoms with van der Waals surface area (Å²) in [6.07, 6.45) is 2.02. The molecule has 0 bridgehead atoms. The van der Waals surface area contributed by atoms with E-state index >= 15 is 0 Å². The molecule has 1 aliphatic rings. The third-order valence-electron chi connectivity index (χ3n) is 4.28. The maximum atomic E-state index is 12.6. The van der Waals surface area contributed by atoms with E-state index in [4.69, 9.17) is 4.74 Å². The van der Waals surface area contributed by atoms with Gasteiger partial charge >= 0.3 is 6.03 Å². The predicted molar refractivity (Wildman–Crippen MR) is 91.9 cm³/mol. The van der Waals surface area contributed by atoms with Gasteiger partial charge < -0.3 is 15.0 Å². The molecular formula is C19H22N2O2. The van der Waals surface area contributed by atoms with Gasteiger partial charge in [-0.1, -0.05) is 24.3 Å². The molecule has 0 aliphatic carbocycles. The van der Waals surface area contributed by atoms with Crippen LogP contribution < -0.4 is 10.1 Å². The van der Waals surface area contributed by atoms with E-state index < -0.39 is 0 Å². The van der Waals surface area contributed by atoms with Crippen molar-refractivity contribution in [3.8, 4) is 5.75 Å². The number of likely N-dealkylation sites (tertiary alicyclic amines) is 1. The van der Waals surface area contributed by atoms with Crippen LogP contribution in [0, 0.1) is 6.92 Å². The number of benzene rings is 2. The number of methoxy groups -OCH3 is 1. The quantitative estimate of drug-likeness (QED) is 0.914. The lowest BCUT2D eigenvalue weighted by molar-refractivity contribution is 0.207. The van der Waals surface area contributed by atoms with Crippen LogP contribution in [0.1, 0.15) is 30.0 Å². The predicted octanol–water partition coefficient (Wildman–Crippen LogP) is 4.37. The number of rotatable bonds is 3. The first-order valence-electron chi connectivity index (χ1n) is 7.95. The highest BCUT2D eigenvalue weighted by Gasteiger charge is 2.30. The van der Waals surface area contributed by atoms with Gasteiger partial charge in [0.1, 0.15) is 5.75 Å². The van der Waals surface area contributed by atoms with E-state index in [9.17, 15) is 4.79 Å². The summed E-state index contributed by atoms with van der Waals surface area (Å²) in [5, 5.41) is 3.01. The van der Waals surface area contributed by atoms with Gasteiger partial charge in [-0.25, -0.2) is 4.79 Å². The average Bonchev–Trinajstić information content (AvgIpc) is 3.05. The first kappa shape index (κ1) is 15.4. The second-order valence-electron chi connectivity index (χ2n) is 5.92. The standard InChI is InChI=1S/C19H22N2O2/c1-14-5-3-6-16(13-14)20-19(22)21-12-4-7-18(21)15-8-10-17(23-2)11-9-15/h3,5-6,8-11,13,18H,4,7,12H2,1-2H3,(H,20,22)/t18-/m1/s1. The molecule has 0 aromatic heterocycles. The number of amides is 2. The zero-order valence-corrected chi connectivity index (χ0v) is 13.6. The van der Waals surface area contributed by atoms with Crippen molar-refractivity contribution in [2.45, 2.75) is 25.8 Å². The molecule has 120 valence electrons. The number of ether oxygens (including phenoxy) is 1.